The Balaban J connectivity index is 2.57. The van der Waals surface area contributed by atoms with Gasteiger partial charge >= 0.3 is 0 Å². The number of hydrogen-bond acceptors (Lipinski definition) is 4. The van der Waals surface area contributed by atoms with E-state index in [9.17, 15) is 4.79 Å². The molecular formula is C12H17N3OS. The van der Waals surface area contributed by atoms with Crippen molar-refractivity contribution in [3.05, 3.63) is 27.1 Å². The van der Waals surface area contributed by atoms with E-state index in [1.807, 2.05) is 20.8 Å². The zero-order valence-electron chi connectivity index (χ0n) is 10.4. The second-order valence-corrected chi connectivity index (χ2v) is 5.71. The van der Waals surface area contributed by atoms with Gasteiger partial charge in [-0.3, -0.25) is 9.36 Å². The van der Waals surface area contributed by atoms with Gasteiger partial charge in [0.25, 0.3) is 5.56 Å². The molecular weight excluding hydrogens is 234 g/mol. The summed E-state index contributed by atoms with van der Waals surface area (Å²) in [5.41, 5.74) is 6.69. The fourth-order valence-corrected chi connectivity index (χ4v) is 2.80. The number of hydrogen-bond donors (Lipinski definition) is 1. The first-order chi connectivity index (χ1) is 8.04. The lowest BCUT2D eigenvalue weighted by Gasteiger charge is -2.10. The Morgan fingerprint density at radius 1 is 1.53 bits per heavy atom. The molecule has 2 rings (SSSR count). The van der Waals surface area contributed by atoms with Crippen LogP contribution in [0.5, 0.6) is 0 Å². The lowest BCUT2D eigenvalue weighted by molar-refractivity contribution is 0.480. The van der Waals surface area contributed by atoms with Gasteiger partial charge in [-0.25, -0.2) is 4.98 Å². The third kappa shape index (κ3) is 2.12. The molecule has 2 aromatic rings. The van der Waals surface area contributed by atoms with E-state index in [1.165, 1.54) is 0 Å². The molecule has 2 heterocycles. The quantitative estimate of drug-likeness (QED) is 0.902. The number of aromatic nitrogens is 2. The summed E-state index contributed by atoms with van der Waals surface area (Å²) >= 11 is 1.58. The Bertz CT molecular complexity index is 600. The van der Waals surface area contributed by atoms with Gasteiger partial charge in [0.05, 0.1) is 11.7 Å². The lowest BCUT2D eigenvalue weighted by Crippen LogP contribution is -2.26. The number of nitrogens with two attached hydrogens (primary N) is 1. The topological polar surface area (TPSA) is 60.9 Å². The molecule has 0 bridgehead atoms. The van der Waals surface area contributed by atoms with Gasteiger partial charge in [0.1, 0.15) is 4.83 Å². The molecule has 17 heavy (non-hydrogen) atoms. The molecule has 5 heteroatoms. The Kier molecular flexibility index (Phi) is 3.31. The first kappa shape index (κ1) is 12.3. The number of aryl methyl sites for hydroxylation is 2. The first-order valence-electron chi connectivity index (χ1n) is 5.69. The molecule has 4 nitrogen and oxygen atoms in total. The van der Waals surface area contributed by atoms with Crippen molar-refractivity contribution in [3.63, 3.8) is 0 Å². The fraction of sp³-hybridized carbons (Fsp3) is 0.500. The van der Waals surface area contributed by atoms with Crippen molar-refractivity contribution >= 4 is 21.6 Å². The molecule has 1 unspecified atom stereocenters. The monoisotopic (exact) mass is 251 g/mol. The van der Waals surface area contributed by atoms with Crippen LogP contribution in [-0.4, -0.2) is 16.1 Å². The number of thiophene rings is 1. The molecule has 0 radical (unpaired) electrons. The summed E-state index contributed by atoms with van der Waals surface area (Å²) in [6.07, 6.45) is 1.63. The van der Waals surface area contributed by atoms with E-state index in [2.05, 4.69) is 4.98 Å². The van der Waals surface area contributed by atoms with Crippen LogP contribution in [0.3, 0.4) is 0 Å². The lowest BCUT2D eigenvalue weighted by atomic mass is 10.2. The highest BCUT2D eigenvalue weighted by molar-refractivity contribution is 7.18. The van der Waals surface area contributed by atoms with E-state index in [0.29, 0.717) is 13.1 Å². The standard InChI is InChI=1S/C12H17N3OS/c1-7(4-13)5-15-6-14-11-10(12(15)16)8(2)9(3)17-11/h6-7H,4-5,13H2,1-3H3. The third-order valence-corrected chi connectivity index (χ3v) is 4.18. The van der Waals surface area contributed by atoms with Crippen LogP contribution in [-0.2, 0) is 6.54 Å². The normalized spacial score (nSPS) is 13.2. The largest absolute Gasteiger partial charge is 0.330 e. The third-order valence-electron chi connectivity index (χ3n) is 3.07. The predicted octanol–water partition coefficient (Wildman–Crippen LogP) is 1.67. The molecule has 2 N–H and O–H groups in total. The van der Waals surface area contributed by atoms with Crippen molar-refractivity contribution in [1.82, 2.24) is 9.55 Å². The van der Waals surface area contributed by atoms with Crippen LogP contribution < -0.4 is 11.3 Å². The maximum atomic E-state index is 12.3. The van der Waals surface area contributed by atoms with Gasteiger partial charge in [-0.05, 0) is 31.9 Å². The van der Waals surface area contributed by atoms with E-state index in [-0.39, 0.29) is 11.5 Å². The molecule has 2 aromatic heterocycles. The molecule has 0 fully saturated rings. The average Bonchev–Trinajstić information content (AvgIpc) is 2.59. The Labute approximate surface area is 104 Å². The second kappa shape index (κ2) is 4.58. The van der Waals surface area contributed by atoms with E-state index in [4.69, 9.17) is 5.73 Å². The van der Waals surface area contributed by atoms with Gasteiger partial charge < -0.3 is 5.73 Å². The van der Waals surface area contributed by atoms with Gasteiger partial charge in [-0.1, -0.05) is 6.92 Å². The highest BCUT2D eigenvalue weighted by atomic mass is 32.1. The minimum atomic E-state index is 0.0529. The summed E-state index contributed by atoms with van der Waals surface area (Å²) in [4.78, 5) is 18.7. The zero-order valence-corrected chi connectivity index (χ0v) is 11.2. The van der Waals surface area contributed by atoms with E-state index >= 15 is 0 Å². The van der Waals surface area contributed by atoms with Gasteiger partial charge in [0, 0.05) is 11.4 Å². The number of nitrogens with zero attached hydrogens (tertiary/aromatic N) is 2. The second-order valence-electron chi connectivity index (χ2n) is 4.51. The summed E-state index contributed by atoms with van der Waals surface area (Å²) in [6.45, 7) is 7.24. The molecule has 0 saturated heterocycles. The van der Waals surface area contributed by atoms with E-state index in [0.717, 1.165) is 20.7 Å². The van der Waals surface area contributed by atoms with Crippen LogP contribution >= 0.6 is 11.3 Å². The van der Waals surface area contributed by atoms with Crippen LogP contribution in [0.4, 0.5) is 0 Å². The Morgan fingerprint density at radius 3 is 2.88 bits per heavy atom. The van der Waals surface area contributed by atoms with Crippen LogP contribution in [0, 0.1) is 19.8 Å². The molecule has 0 amide bonds. The van der Waals surface area contributed by atoms with Crippen molar-refractivity contribution in [2.75, 3.05) is 6.54 Å². The van der Waals surface area contributed by atoms with Crippen molar-refractivity contribution in [1.29, 1.82) is 0 Å². The van der Waals surface area contributed by atoms with Crippen LogP contribution in [0.1, 0.15) is 17.4 Å². The van der Waals surface area contributed by atoms with Gasteiger partial charge in [0.15, 0.2) is 0 Å². The minimum Gasteiger partial charge on any atom is -0.330 e. The average molecular weight is 251 g/mol. The van der Waals surface area contributed by atoms with Crippen molar-refractivity contribution in [3.8, 4) is 0 Å². The summed E-state index contributed by atoms with van der Waals surface area (Å²) < 4.78 is 1.67. The van der Waals surface area contributed by atoms with Gasteiger partial charge in [0.2, 0.25) is 0 Å². The van der Waals surface area contributed by atoms with Crippen LogP contribution in [0.2, 0.25) is 0 Å². The summed E-state index contributed by atoms with van der Waals surface area (Å²) in [7, 11) is 0. The molecule has 92 valence electrons. The summed E-state index contributed by atoms with van der Waals surface area (Å²) in [5, 5.41) is 0.763. The molecule has 0 aliphatic heterocycles. The molecule has 0 aromatic carbocycles. The van der Waals surface area contributed by atoms with Crippen LogP contribution in [0.25, 0.3) is 10.2 Å². The van der Waals surface area contributed by atoms with Crippen molar-refractivity contribution < 1.29 is 0 Å². The molecule has 1 atom stereocenters. The minimum absolute atomic E-state index is 0.0529. The van der Waals surface area contributed by atoms with Crippen molar-refractivity contribution in [2.24, 2.45) is 11.7 Å². The Hall–Kier alpha value is -1.20. The van der Waals surface area contributed by atoms with Gasteiger partial charge in [-0.2, -0.15) is 0 Å². The predicted molar refractivity (Wildman–Crippen MR) is 71.6 cm³/mol. The van der Waals surface area contributed by atoms with Gasteiger partial charge in [-0.15, -0.1) is 11.3 Å². The molecule has 0 aliphatic carbocycles. The molecule has 0 saturated carbocycles. The van der Waals surface area contributed by atoms with Crippen molar-refractivity contribution in [2.45, 2.75) is 27.3 Å². The molecule has 0 aliphatic rings. The van der Waals surface area contributed by atoms with Crippen LogP contribution in [0.15, 0.2) is 11.1 Å². The first-order valence-corrected chi connectivity index (χ1v) is 6.51. The van der Waals surface area contributed by atoms with E-state index in [1.54, 1.807) is 22.2 Å². The SMILES string of the molecule is Cc1sc2ncn(CC(C)CN)c(=O)c2c1C. The van der Waals surface area contributed by atoms with E-state index < -0.39 is 0 Å². The highest BCUT2D eigenvalue weighted by Crippen LogP contribution is 2.25. The number of rotatable bonds is 3. The smallest absolute Gasteiger partial charge is 0.262 e. The fourth-order valence-electron chi connectivity index (χ4n) is 1.81. The highest BCUT2D eigenvalue weighted by Gasteiger charge is 2.12. The zero-order chi connectivity index (χ0) is 12.6. The summed E-state index contributed by atoms with van der Waals surface area (Å²) in [5.74, 6) is 0.284. The summed E-state index contributed by atoms with van der Waals surface area (Å²) in [6, 6.07) is 0. The molecule has 0 spiro atoms. The Morgan fingerprint density at radius 2 is 2.24 bits per heavy atom. The maximum absolute atomic E-state index is 12.3. The maximum Gasteiger partial charge on any atom is 0.262 e. The number of fused-ring (bicyclic) bond motifs is 1.